The lowest BCUT2D eigenvalue weighted by molar-refractivity contribution is -0.132. The van der Waals surface area contributed by atoms with Crippen molar-refractivity contribution in [3.63, 3.8) is 0 Å². The molecule has 0 radical (unpaired) electrons. The SMILES string of the molecule is O=C1N[C@@]2(CCCc3ccccc32)C(=O)N1Cc1nc(-c2ccc(Cl)cc2)no1. The van der Waals surface area contributed by atoms with Crippen LogP contribution >= 0.6 is 11.6 Å². The van der Waals surface area contributed by atoms with E-state index in [1.807, 2.05) is 24.3 Å². The number of imide groups is 1. The summed E-state index contributed by atoms with van der Waals surface area (Å²) in [4.78, 5) is 31.5. The van der Waals surface area contributed by atoms with Crippen LogP contribution in [-0.4, -0.2) is 27.0 Å². The molecule has 0 bridgehead atoms. The Morgan fingerprint density at radius 3 is 2.76 bits per heavy atom. The Kier molecular flexibility index (Phi) is 4.13. The second-order valence-electron chi connectivity index (χ2n) is 7.26. The van der Waals surface area contributed by atoms with Crippen LogP contribution < -0.4 is 5.32 Å². The van der Waals surface area contributed by atoms with Crippen molar-refractivity contribution in [1.29, 1.82) is 0 Å². The molecule has 1 aliphatic carbocycles. The number of carbonyl (C=O) groups excluding carboxylic acids is 2. The Morgan fingerprint density at radius 2 is 1.93 bits per heavy atom. The Labute approximate surface area is 171 Å². The van der Waals surface area contributed by atoms with E-state index in [1.54, 1.807) is 24.3 Å². The number of fused-ring (bicyclic) bond motifs is 2. The largest absolute Gasteiger partial charge is 0.337 e. The molecule has 2 aromatic carbocycles. The van der Waals surface area contributed by atoms with Crippen LogP contribution in [0.3, 0.4) is 0 Å². The topological polar surface area (TPSA) is 88.3 Å². The van der Waals surface area contributed by atoms with Crippen molar-refractivity contribution in [3.8, 4) is 11.4 Å². The van der Waals surface area contributed by atoms with Crippen LogP contribution in [0.15, 0.2) is 53.1 Å². The summed E-state index contributed by atoms with van der Waals surface area (Å²) in [5, 5.41) is 7.48. The van der Waals surface area contributed by atoms with Gasteiger partial charge in [0.2, 0.25) is 11.7 Å². The van der Waals surface area contributed by atoms with Crippen LogP contribution in [0.2, 0.25) is 5.02 Å². The summed E-state index contributed by atoms with van der Waals surface area (Å²) in [6.07, 6.45) is 2.30. The summed E-state index contributed by atoms with van der Waals surface area (Å²) in [6, 6.07) is 14.3. The summed E-state index contributed by atoms with van der Waals surface area (Å²) in [6.45, 7) is -0.0742. The van der Waals surface area contributed by atoms with Crippen LogP contribution in [0, 0.1) is 0 Å². The van der Waals surface area contributed by atoms with Crippen molar-refractivity contribution in [2.45, 2.75) is 31.3 Å². The number of carbonyl (C=O) groups is 2. The highest BCUT2D eigenvalue weighted by atomic mass is 35.5. The quantitative estimate of drug-likeness (QED) is 0.668. The first-order valence-electron chi connectivity index (χ1n) is 9.38. The highest BCUT2D eigenvalue weighted by Crippen LogP contribution is 2.40. The average Bonchev–Trinajstić information content (AvgIpc) is 3.29. The van der Waals surface area contributed by atoms with Crippen molar-refractivity contribution >= 4 is 23.5 Å². The van der Waals surface area contributed by atoms with Gasteiger partial charge in [-0.2, -0.15) is 4.98 Å². The van der Waals surface area contributed by atoms with Crippen molar-refractivity contribution < 1.29 is 14.1 Å². The van der Waals surface area contributed by atoms with Crippen LogP contribution in [-0.2, 0) is 23.3 Å². The number of aryl methyl sites for hydroxylation is 1. The fraction of sp³-hybridized carbons (Fsp3) is 0.238. The maximum absolute atomic E-state index is 13.3. The Hall–Kier alpha value is -3.19. The number of nitrogens with zero attached hydrogens (tertiary/aromatic N) is 3. The van der Waals surface area contributed by atoms with Crippen molar-refractivity contribution in [2.75, 3.05) is 0 Å². The molecular weight excluding hydrogens is 392 g/mol. The summed E-state index contributed by atoms with van der Waals surface area (Å²) in [5.41, 5.74) is 1.70. The minimum absolute atomic E-state index is 0.0742. The van der Waals surface area contributed by atoms with Gasteiger partial charge in [0, 0.05) is 10.6 Å². The van der Waals surface area contributed by atoms with E-state index < -0.39 is 11.6 Å². The van der Waals surface area contributed by atoms with Gasteiger partial charge in [-0.05, 0) is 54.7 Å². The van der Waals surface area contributed by atoms with E-state index in [2.05, 4.69) is 15.5 Å². The minimum atomic E-state index is -1.01. The van der Waals surface area contributed by atoms with Gasteiger partial charge < -0.3 is 9.84 Å². The second-order valence-corrected chi connectivity index (χ2v) is 7.69. The minimum Gasteiger partial charge on any atom is -0.337 e. The summed E-state index contributed by atoms with van der Waals surface area (Å²) in [5.74, 6) is 0.293. The molecule has 1 fully saturated rings. The van der Waals surface area contributed by atoms with Gasteiger partial charge in [0.15, 0.2) is 0 Å². The molecule has 1 saturated heterocycles. The second kappa shape index (κ2) is 6.70. The van der Waals surface area contributed by atoms with Crippen LogP contribution in [0.1, 0.15) is 29.9 Å². The molecule has 1 N–H and O–H groups in total. The Bertz CT molecular complexity index is 1110. The number of hydrogen-bond donors (Lipinski definition) is 1. The number of hydrogen-bond acceptors (Lipinski definition) is 5. The van der Waals surface area contributed by atoms with E-state index in [-0.39, 0.29) is 18.3 Å². The molecule has 1 spiro atoms. The molecule has 1 aromatic heterocycles. The van der Waals surface area contributed by atoms with Gasteiger partial charge in [0.05, 0.1) is 0 Å². The number of amides is 3. The predicted octanol–water partition coefficient (Wildman–Crippen LogP) is 3.67. The van der Waals surface area contributed by atoms with Gasteiger partial charge in [-0.25, -0.2) is 4.79 Å². The van der Waals surface area contributed by atoms with Crippen molar-refractivity contribution in [3.05, 3.63) is 70.6 Å². The molecular formula is C21H17ClN4O3. The molecule has 29 heavy (non-hydrogen) atoms. The lowest BCUT2D eigenvalue weighted by atomic mass is 9.76. The number of halogens is 1. The standard InChI is InChI=1S/C21H17ClN4O3/c22-15-9-7-14(8-10-15)18-23-17(29-25-18)12-26-19(27)21(24-20(26)28)11-3-5-13-4-1-2-6-16(13)21/h1-2,4,6-10H,3,5,11-12H2,(H,24,28)/t21-/m1/s1. The highest BCUT2D eigenvalue weighted by molar-refractivity contribution is 6.30. The number of urea groups is 1. The van der Waals surface area contributed by atoms with Crippen molar-refractivity contribution in [2.24, 2.45) is 0 Å². The van der Waals surface area contributed by atoms with Gasteiger partial charge in [-0.3, -0.25) is 9.69 Å². The molecule has 5 rings (SSSR count). The summed E-state index contributed by atoms with van der Waals surface area (Å²) >= 11 is 5.90. The van der Waals surface area contributed by atoms with Crippen LogP contribution in [0.4, 0.5) is 4.79 Å². The molecule has 1 aliphatic heterocycles. The van der Waals surface area contributed by atoms with E-state index in [9.17, 15) is 9.59 Å². The first kappa shape index (κ1) is 17.9. The summed E-state index contributed by atoms with van der Waals surface area (Å²) in [7, 11) is 0. The molecule has 7 nitrogen and oxygen atoms in total. The first-order valence-corrected chi connectivity index (χ1v) is 9.76. The van der Waals surface area contributed by atoms with Gasteiger partial charge in [0.25, 0.3) is 5.91 Å². The molecule has 8 heteroatoms. The normalized spacial score (nSPS) is 20.8. The lowest BCUT2D eigenvalue weighted by Gasteiger charge is -2.33. The number of nitrogens with one attached hydrogen (secondary N) is 1. The lowest BCUT2D eigenvalue weighted by Crippen LogP contribution is -2.46. The average molecular weight is 409 g/mol. The number of aromatic nitrogens is 2. The molecule has 146 valence electrons. The third kappa shape index (κ3) is 2.89. The van der Waals surface area contributed by atoms with Gasteiger partial charge in [-0.15, -0.1) is 0 Å². The van der Waals surface area contributed by atoms with Crippen LogP contribution in [0.25, 0.3) is 11.4 Å². The highest BCUT2D eigenvalue weighted by Gasteiger charge is 2.54. The Balaban J connectivity index is 1.42. The van der Waals surface area contributed by atoms with E-state index >= 15 is 0 Å². The van der Waals surface area contributed by atoms with E-state index in [4.69, 9.17) is 16.1 Å². The molecule has 2 aliphatic rings. The zero-order valence-corrected chi connectivity index (χ0v) is 16.1. The maximum atomic E-state index is 13.3. The number of rotatable bonds is 3. The van der Waals surface area contributed by atoms with Gasteiger partial charge in [0.1, 0.15) is 12.1 Å². The Morgan fingerprint density at radius 1 is 1.14 bits per heavy atom. The van der Waals surface area contributed by atoms with Crippen molar-refractivity contribution in [1.82, 2.24) is 20.4 Å². The monoisotopic (exact) mass is 408 g/mol. The molecule has 3 aromatic rings. The summed E-state index contributed by atoms with van der Waals surface area (Å²) < 4.78 is 5.29. The predicted molar refractivity (Wildman–Crippen MR) is 105 cm³/mol. The number of benzene rings is 2. The molecule has 3 amide bonds. The zero-order chi connectivity index (χ0) is 20.0. The molecule has 0 saturated carbocycles. The zero-order valence-electron chi connectivity index (χ0n) is 15.4. The fourth-order valence-electron chi connectivity index (χ4n) is 4.13. The van der Waals surface area contributed by atoms with E-state index in [1.165, 1.54) is 0 Å². The van der Waals surface area contributed by atoms with E-state index in [0.717, 1.165) is 34.4 Å². The maximum Gasteiger partial charge on any atom is 0.325 e. The molecule has 0 unspecified atom stereocenters. The van der Waals surface area contributed by atoms with Gasteiger partial charge in [-0.1, -0.05) is 41.0 Å². The third-order valence-electron chi connectivity index (χ3n) is 5.51. The van der Waals surface area contributed by atoms with Gasteiger partial charge >= 0.3 is 6.03 Å². The molecule has 2 heterocycles. The van der Waals surface area contributed by atoms with E-state index in [0.29, 0.717) is 17.3 Å². The van der Waals surface area contributed by atoms with Crippen LogP contribution in [0.5, 0.6) is 0 Å². The smallest absolute Gasteiger partial charge is 0.325 e. The fourth-order valence-corrected chi connectivity index (χ4v) is 4.25. The third-order valence-corrected chi connectivity index (χ3v) is 5.77. The molecule has 1 atom stereocenters. The first-order chi connectivity index (χ1) is 14.1.